The van der Waals surface area contributed by atoms with Gasteiger partial charge in [-0.3, -0.25) is 0 Å². The summed E-state index contributed by atoms with van der Waals surface area (Å²) in [5.41, 5.74) is 17.6. The van der Waals surface area contributed by atoms with Gasteiger partial charge in [-0.05, 0) is 67.2 Å². The van der Waals surface area contributed by atoms with Gasteiger partial charge in [0.05, 0.1) is 0 Å². The van der Waals surface area contributed by atoms with E-state index < -0.39 is 0 Å². The molecule has 3 rings (SSSR count). The molecule has 2 aromatic rings. The summed E-state index contributed by atoms with van der Waals surface area (Å²) < 4.78 is 15.7. The predicted octanol–water partition coefficient (Wildman–Crippen LogP) is 3.37. The van der Waals surface area contributed by atoms with Crippen molar-refractivity contribution in [3.8, 4) is 0 Å². The Bertz CT molecular complexity index is 786. The van der Waals surface area contributed by atoms with Gasteiger partial charge < -0.3 is 16.0 Å². The van der Waals surface area contributed by atoms with Crippen molar-refractivity contribution >= 4 is 6.08 Å². The first-order chi connectivity index (χ1) is 11.6. The molecule has 0 saturated heterocycles. The van der Waals surface area contributed by atoms with Crippen molar-refractivity contribution in [2.24, 2.45) is 11.5 Å². The van der Waals surface area contributed by atoms with Crippen molar-refractivity contribution in [3.05, 3.63) is 76.5 Å². The summed E-state index contributed by atoms with van der Waals surface area (Å²) in [6, 6.07) is 6.96. The minimum Gasteiger partial charge on any atom is -0.399 e. The molecule has 0 radical (unpaired) electrons. The average molecular weight is 325 g/mol. The molecule has 1 aromatic carbocycles. The van der Waals surface area contributed by atoms with E-state index in [0.717, 1.165) is 36.1 Å². The van der Waals surface area contributed by atoms with Gasteiger partial charge >= 0.3 is 0 Å². The number of nitrogens with two attached hydrogens (primary N) is 2. The second-order valence-corrected chi connectivity index (χ2v) is 6.41. The van der Waals surface area contributed by atoms with Crippen LogP contribution in [0.5, 0.6) is 0 Å². The predicted molar refractivity (Wildman–Crippen MR) is 96.9 cm³/mol. The van der Waals surface area contributed by atoms with Gasteiger partial charge in [-0.2, -0.15) is 0 Å². The topological polar surface area (TPSA) is 57.0 Å². The molecule has 0 aliphatic heterocycles. The van der Waals surface area contributed by atoms with Gasteiger partial charge in [0.25, 0.3) is 0 Å². The standard InChI is InChI=1S/C20H24FN3/c1-2-4-17(22)10-15-13-24(12-14-5-3-6-16(21)9-14)20-8-7-18(23)11-19(15)20/h2-6,9-10,13,18H,7-8,11-12,22-23H2,1H3/b4-2-,17-10+. The van der Waals surface area contributed by atoms with Crippen LogP contribution >= 0.6 is 0 Å². The second-order valence-electron chi connectivity index (χ2n) is 6.41. The molecule has 3 nitrogen and oxygen atoms in total. The lowest BCUT2D eigenvalue weighted by Gasteiger charge is -2.21. The van der Waals surface area contributed by atoms with Gasteiger partial charge in [0, 0.05) is 30.2 Å². The molecule has 4 heteroatoms. The van der Waals surface area contributed by atoms with E-state index in [9.17, 15) is 4.39 Å². The van der Waals surface area contributed by atoms with E-state index in [1.54, 1.807) is 12.1 Å². The third kappa shape index (κ3) is 3.60. The first-order valence-corrected chi connectivity index (χ1v) is 8.37. The lowest BCUT2D eigenvalue weighted by molar-refractivity contribution is 0.552. The van der Waals surface area contributed by atoms with Crippen LogP contribution in [0, 0.1) is 5.82 Å². The maximum atomic E-state index is 13.5. The molecule has 4 N–H and O–H groups in total. The molecule has 24 heavy (non-hydrogen) atoms. The van der Waals surface area contributed by atoms with E-state index in [4.69, 9.17) is 11.5 Å². The summed E-state index contributed by atoms with van der Waals surface area (Å²) >= 11 is 0. The smallest absolute Gasteiger partial charge is 0.123 e. The van der Waals surface area contributed by atoms with Gasteiger partial charge in [0.1, 0.15) is 5.82 Å². The first-order valence-electron chi connectivity index (χ1n) is 8.37. The van der Waals surface area contributed by atoms with Gasteiger partial charge in [0.15, 0.2) is 0 Å². The highest BCUT2D eigenvalue weighted by Crippen LogP contribution is 2.28. The van der Waals surface area contributed by atoms with E-state index in [1.165, 1.54) is 17.3 Å². The molecular weight excluding hydrogens is 301 g/mol. The Morgan fingerprint density at radius 3 is 3.00 bits per heavy atom. The van der Waals surface area contributed by atoms with Gasteiger partial charge in [-0.15, -0.1) is 0 Å². The number of aromatic nitrogens is 1. The number of hydrogen-bond donors (Lipinski definition) is 2. The minimum absolute atomic E-state index is 0.192. The highest BCUT2D eigenvalue weighted by Gasteiger charge is 2.22. The molecule has 0 saturated carbocycles. The van der Waals surface area contributed by atoms with Crippen LogP contribution in [0.4, 0.5) is 4.39 Å². The monoisotopic (exact) mass is 325 g/mol. The van der Waals surface area contributed by atoms with Crippen LogP contribution in [-0.4, -0.2) is 10.6 Å². The summed E-state index contributed by atoms with van der Waals surface area (Å²) in [7, 11) is 0. The summed E-state index contributed by atoms with van der Waals surface area (Å²) in [6.45, 7) is 2.61. The van der Waals surface area contributed by atoms with Crippen LogP contribution in [0.1, 0.15) is 35.7 Å². The first kappa shape index (κ1) is 16.5. The number of benzene rings is 1. The Kier molecular flexibility index (Phi) is 4.86. The van der Waals surface area contributed by atoms with Crippen LogP contribution in [-0.2, 0) is 19.4 Å². The van der Waals surface area contributed by atoms with Crippen molar-refractivity contribution < 1.29 is 4.39 Å². The molecule has 1 aliphatic carbocycles. The molecule has 1 atom stereocenters. The maximum Gasteiger partial charge on any atom is 0.123 e. The minimum atomic E-state index is -0.201. The highest BCUT2D eigenvalue weighted by atomic mass is 19.1. The summed E-state index contributed by atoms with van der Waals surface area (Å²) in [4.78, 5) is 0. The average Bonchev–Trinajstić information content (AvgIpc) is 2.84. The largest absolute Gasteiger partial charge is 0.399 e. The van der Waals surface area contributed by atoms with Gasteiger partial charge in [-0.25, -0.2) is 4.39 Å². The van der Waals surface area contributed by atoms with Crippen molar-refractivity contribution in [1.29, 1.82) is 0 Å². The quantitative estimate of drug-likeness (QED) is 0.847. The lowest BCUT2D eigenvalue weighted by Crippen LogP contribution is -2.28. The highest BCUT2D eigenvalue weighted by molar-refractivity contribution is 5.60. The Morgan fingerprint density at radius 2 is 2.25 bits per heavy atom. The molecule has 1 heterocycles. The van der Waals surface area contributed by atoms with Crippen LogP contribution in [0.25, 0.3) is 6.08 Å². The molecule has 1 aliphatic rings. The van der Waals surface area contributed by atoms with Crippen molar-refractivity contribution in [2.75, 3.05) is 0 Å². The third-order valence-electron chi connectivity index (χ3n) is 4.48. The van der Waals surface area contributed by atoms with E-state index in [2.05, 4.69) is 10.8 Å². The van der Waals surface area contributed by atoms with Crippen LogP contribution in [0.2, 0.25) is 0 Å². The fourth-order valence-corrected chi connectivity index (χ4v) is 3.40. The Hall–Kier alpha value is -2.33. The molecule has 1 unspecified atom stereocenters. The van der Waals surface area contributed by atoms with Crippen molar-refractivity contribution in [2.45, 2.75) is 38.8 Å². The van der Waals surface area contributed by atoms with Crippen molar-refractivity contribution in [1.82, 2.24) is 4.57 Å². The summed E-state index contributed by atoms with van der Waals surface area (Å²) in [5, 5.41) is 0. The zero-order chi connectivity index (χ0) is 17.1. The second kappa shape index (κ2) is 7.05. The maximum absolute atomic E-state index is 13.5. The van der Waals surface area contributed by atoms with E-state index in [0.29, 0.717) is 6.54 Å². The number of rotatable bonds is 4. The fraction of sp³-hybridized carbons (Fsp3) is 0.300. The van der Waals surface area contributed by atoms with Gasteiger partial charge in [-0.1, -0.05) is 18.2 Å². The van der Waals surface area contributed by atoms with E-state index in [-0.39, 0.29) is 11.9 Å². The zero-order valence-corrected chi connectivity index (χ0v) is 14.0. The van der Waals surface area contributed by atoms with Crippen molar-refractivity contribution in [3.63, 3.8) is 0 Å². The zero-order valence-electron chi connectivity index (χ0n) is 14.0. The summed E-state index contributed by atoms with van der Waals surface area (Å²) in [5.74, 6) is -0.201. The number of fused-ring (bicyclic) bond motifs is 1. The van der Waals surface area contributed by atoms with Crippen LogP contribution < -0.4 is 11.5 Å². The SMILES string of the molecule is C/C=C\C(N)=C/c1cn(Cc2cccc(F)c2)c2c1CC(N)CC2. The van der Waals surface area contributed by atoms with E-state index >= 15 is 0 Å². The normalized spacial score (nSPS) is 18.1. The molecule has 0 bridgehead atoms. The third-order valence-corrected chi connectivity index (χ3v) is 4.48. The number of hydrogen-bond acceptors (Lipinski definition) is 2. The van der Waals surface area contributed by atoms with Crippen LogP contribution in [0.3, 0.4) is 0 Å². The lowest BCUT2D eigenvalue weighted by atomic mass is 9.91. The molecular formula is C20H24FN3. The Labute approximate surface area is 142 Å². The van der Waals surface area contributed by atoms with Crippen LogP contribution in [0.15, 0.2) is 48.3 Å². The number of nitrogens with zero attached hydrogens (tertiary/aromatic N) is 1. The Balaban J connectivity index is 1.99. The molecule has 0 spiro atoms. The molecule has 0 amide bonds. The van der Waals surface area contributed by atoms with E-state index in [1.807, 2.05) is 31.2 Å². The molecule has 1 aromatic heterocycles. The molecule has 0 fully saturated rings. The number of halogens is 1. The van der Waals surface area contributed by atoms with Gasteiger partial charge in [0.2, 0.25) is 0 Å². The molecule has 126 valence electrons. The fourth-order valence-electron chi connectivity index (χ4n) is 3.40. The number of allylic oxidation sites excluding steroid dienone is 2. The summed E-state index contributed by atoms with van der Waals surface area (Å²) in [6.07, 6.45) is 10.7. The Morgan fingerprint density at radius 1 is 1.42 bits per heavy atom.